The molecule has 13 heteroatoms. The highest BCUT2D eigenvalue weighted by Crippen LogP contribution is 2.65. The van der Waals surface area contributed by atoms with E-state index in [4.69, 9.17) is 4.74 Å². The molecule has 1 saturated carbocycles. The molecule has 2 aromatic rings. The van der Waals surface area contributed by atoms with Gasteiger partial charge in [-0.15, -0.1) is 0 Å². The van der Waals surface area contributed by atoms with Crippen LogP contribution in [-0.4, -0.2) is 70.1 Å². The van der Waals surface area contributed by atoms with Crippen molar-refractivity contribution in [2.24, 2.45) is 17.3 Å². The van der Waals surface area contributed by atoms with E-state index in [0.29, 0.717) is 16.5 Å². The number of nitriles is 1. The zero-order valence-electron chi connectivity index (χ0n) is 22.0. The summed E-state index contributed by atoms with van der Waals surface area (Å²) in [4.78, 5) is 48.8. The number of halogens is 3. The third-order valence-corrected chi connectivity index (χ3v) is 8.03. The summed E-state index contributed by atoms with van der Waals surface area (Å²) in [5.41, 5.74) is -1.01. The van der Waals surface area contributed by atoms with Crippen molar-refractivity contribution in [3.8, 4) is 6.07 Å². The van der Waals surface area contributed by atoms with Gasteiger partial charge >= 0.3 is 12.1 Å². The van der Waals surface area contributed by atoms with Gasteiger partial charge in [-0.1, -0.05) is 13.8 Å². The Morgan fingerprint density at radius 1 is 1.23 bits per heavy atom. The minimum atomic E-state index is -5.23. The van der Waals surface area contributed by atoms with Crippen LogP contribution in [0, 0.1) is 28.6 Å². The van der Waals surface area contributed by atoms with Gasteiger partial charge in [0.05, 0.1) is 17.2 Å². The molecule has 39 heavy (non-hydrogen) atoms. The Balaban J connectivity index is 1.65. The maximum absolute atomic E-state index is 13.7. The van der Waals surface area contributed by atoms with Gasteiger partial charge in [0.1, 0.15) is 18.1 Å². The molecule has 2 fully saturated rings. The van der Waals surface area contributed by atoms with Crippen molar-refractivity contribution in [3.63, 3.8) is 0 Å². The van der Waals surface area contributed by atoms with Gasteiger partial charge in [-0.25, -0.2) is 0 Å². The zero-order chi connectivity index (χ0) is 28.9. The minimum Gasteiger partial charge on any atom is -0.376 e. The lowest BCUT2D eigenvalue weighted by molar-refractivity contribution is -0.178. The molecule has 1 aliphatic heterocycles. The maximum Gasteiger partial charge on any atom is 0.471 e. The molecule has 2 aliphatic rings. The number of methoxy groups -OCH3 is 1. The molecule has 0 spiro atoms. The van der Waals surface area contributed by atoms with E-state index in [2.05, 4.69) is 15.3 Å². The number of piperidine rings is 1. The Kier molecular flexibility index (Phi) is 7.06. The summed E-state index contributed by atoms with van der Waals surface area (Å²) in [5, 5.41) is 15.0. The quantitative estimate of drug-likeness (QED) is 0.544. The topological polar surface area (TPSA) is 137 Å². The van der Waals surface area contributed by atoms with Crippen molar-refractivity contribution in [2.75, 3.05) is 13.7 Å². The molecular formula is C26H29F3N6O4. The van der Waals surface area contributed by atoms with E-state index >= 15 is 0 Å². The highest BCUT2D eigenvalue weighted by molar-refractivity contribution is 5.95. The number of amides is 3. The number of fused-ring (bicyclic) bond motifs is 2. The van der Waals surface area contributed by atoms with Crippen LogP contribution in [0.1, 0.15) is 39.3 Å². The Labute approximate surface area is 222 Å². The van der Waals surface area contributed by atoms with Gasteiger partial charge in [-0.05, 0) is 43.2 Å². The van der Waals surface area contributed by atoms with Crippen molar-refractivity contribution < 1.29 is 32.3 Å². The van der Waals surface area contributed by atoms with Crippen LogP contribution in [0.25, 0.3) is 10.9 Å². The number of likely N-dealkylation sites (tertiary alicyclic amines) is 1. The smallest absolute Gasteiger partial charge is 0.376 e. The molecule has 208 valence electrons. The lowest BCUT2D eigenvalue weighted by Crippen LogP contribution is -2.63. The van der Waals surface area contributed by atoms with Crippen molar-refractivity contribution in [1.29, 1.82) is 5.26 Å². The standard InChI is InChI=1S/C26H29F3N6O4/c1-24(2)15-12-35(22(37)20(25(3,4)39-5)34-23(38)26(27,28)29)19(17(15)24)21(36)33-16(9-30)14-11-31-10-13-7-6-8-32-18(13)14/h6-8,10-11,15-17,19-20H,12H2,1-5H3,(H,33,36)(H,34,38)/t15-,16?,17-,19-,20+/m0/s1. The average Bonchev–Trinajstić information content (AvgIpc) is 3.21. The van der Waals surface area contributed by atoms with Crippen LogP contribution in [0.4, 0.5) is 13.2 Å². The van der Waals surface area contributed by atoms with Gasteiger partial charge in [0.15, 0.2) is 0 Å². The van der Waals surface area contributed by atoms with Crippen molar-refractivity contribution >= 4 is 28.6 Å². The fourth-order valence-electron chi connectivity index (χ4n) is 5.48. The van der Waals surface area contributed by atoms with E-state index in [1.54, 1.807) is 29.8 Å². The van der Waals surface area contributed by atoms with Crippen LogP contribution in [0.15, 0.2) is 30.7 Å². The molecule has 1 saturated heterocycles. The molecule has 1 aliphatic carbocycles. The number of ether oxygens (including phenoxy) is 1. The number of alkyl halides is 3. The molecule has 3 heterocycles. The molecule has 0 bridgehead atoms. The number of hydrogen-bond acceptors (Lipinski definition) is 7. The Morgan fingerprint density at radius 3 is 2.54 bits per heavy atom. The zero-order valence-corrected chi connectivity index (χ0v) is 22.0. The fraction of sp³-hybridized carbons (Fsp3) is 0.538. The second-order valence-corrected chi connectivity index (χ2v) is 11.0. The number of hydrogen-bond donors (Lipinski definition) is 2. The monoisotopic (exact) mass is 546 g/mol. The number of carbonyl (C=O) groups is 3. The number of carbonyl (C=O) groups excluding carboxylic acids is 3. The third-order valence-electron chi connectivity index (χ3n) is 8.03. The summed E-state index contributed by atoms with van der Waals surface area (Å²) in [7, 11) is 1.21. The summed E-state index contributed by atoms with van der Waals surface area (Å²) in [6.07, 6.45) is -0.684. The Morgan fingerprint density at radius 2 is 1.92 bits per heavy atom. The largest absolute Gasteiger partial charge is 0.471 e. The maximum atomic E-state index is 13.7. The van der Waals surface area contributed by atoms with E-state index < -0.39 is 47.6 Å². The van der Waals surface area contributed by atoms with E-state index in [9.17, 15) is 32.8 Å². The van der Waals surface area contributed by atoms with E-state index in [0.717, 1.165) is 0 Å². The first-order valence-electron chi connectivity index (χ1n) is 12.3. The van der Waals surface area contributed by atoms with Crippen LogP contribution >= 0.6 is 0 Å². The van der Waals surface area contributed by atoms with Gasteiger partial charge in [0.2, 0.25) is 11.8 Å². The van der Waals surface area contributed by atoms with Crippen LogP contribution in [0.5, 0.6) is 0 Å². The first kappa shape index (κ1) is 28.2. The molecule has 0 aromatic carbocycles. The predicted molar refractivity (Wildman–Crippen MR) is 131 cm³/mol. The third kappa shape index (κ3) is 5.01. The number of aromatic nitrogens is 2. The molecule has 2 N–H and O–H groups in total. The summed E-state index contributed by atoms with van der Waals surface area (Å²) in [6, 6.07) is 1.54. The van der Waals surface area contributed by atoms with Gasteiger partial charge in [-0.3, -0.25) is 24.4 Å². The van der Waals surface area contributed by atoms with E-state index in [1.165, 1.54) is 32.1 Å². The second-order valence-electron chi connectivity index (χ2n) is 11.0. The highest BCUT2D eigenvalue weighted by Gasteiger charge is 2.70. The molecule has 1 unspecified atom stereocenters. The van der Waals surface area contributed by atoms with E-state index in [1.807, 2.05) is 19.9 Å². The Bertz CT molecular complexity index is 1350. The fourth-order valence-corrected chi connectivity index (χ4v) is 5.48. The molecule has 10 nitrogen and oxygen atoms in total. The molecule has 5 atom stereocenters. The highest BCUT2D eigenvalue weighted by atomic mass is 19.4. The van der Waals surface area contributed by atoms with Crippen molar-refractivity contribution in [1.82, 2.24) is 25.5 Å². The lowest BCUT2D eigenvalue weighted by Gasteiger charge is -2.38. The van der Waals surface area contributed by atoms with Gasteiger partial charge in [0, 0.05) is 43.2 Å². The first-order chi connectivity index (χ1) is 18.1. The molecule has 4 rings (SSSR count). The summed E-state index contributed by atoms with van der Waals surface area (Å²) >= 11 is 0. The summed E-state index contributed by atoms with van der Waals surface area (Å²) in [6.45, 7) is 6.71. The number of rotatable bonds is 7. The number of pyridine rings is 2. The Hall–Kier alpha value is -3.79. The summed E-state index contributed by atoms with van der Waals surface area (Å²) in [5.74, 6) is -4.21. The number of nitrogens with one attached hydrogen (secondary N) is 2. The van der Waals surface area contributed by atoms with Crippen LogP contribution < -0.4 is 10.6 Å². The molecule has 3 amide bonds. The van der Waals surface area contributed by atoms with Crippen LogP contribution in [-0.2, 0) is 19.1 Å². The predicted octanol–water partition coefficient (Wildman–Crippen LogP) is 2.27. The molecule has 2 aromatic heterocycles. The van der Waals surface area contributed by atoms with Gasteiger partial charge in [-0.2, -0.15) is 18.4 Å². The van der Waals surface area contributed by atoms with Gasteiger partial charge < -0.3 is 20.3 Å². The first-order valence-corrected chi connectivity index (χ1v) is 12.3. The normalized spacial score (nSPS) is 23.4. The van der Waals surface area contributed by atoms with Gasteiger partial charge in [0.25, 0.3) is 0 Å². The SMILES string of the molecule is COC(C)(C)[C@H](NC(=O)C(F)(F)F)C(=O)N1C[C@H]2[C@@H]([C@H]1C(=O)NC(C#N)c1cncc3cccnc13)C2(C)C. The molecule has 0 radical (unpaired) electrons. The lowest BCUT2D eigenvalue weighted by atomic mass is 9.94. The van der Waals surface area contributed by atoms with Crippen LogP contribution in [0.2, 0.25) is 0 Å². The van der Waals surface area contributed by atoms with E-state index in [-0.39, 0.29) is 23.8 Å². The van der Waals surface area contributed by atoms with Crippen molar-refractivity contribution in [2.45, 2.75) is 57.6 Å². The molecular weight excluding hydrogens is 517 g/mol. The minimum absolute atomic E-state index is 0.0942. The van der Waals surface area contributed by atoms with Crippen molar-refractivity contribution in [3.05, 3.63) is 36.3 Å². The number of nitrogens with zero attached hydrogens (tertiary/aromatic N) is 4. The average molecular weight is 547 g/mol. The summed E-state index contributed by atoms with van der Waals surface area (Å²) < 4.78 is 44.5. The van der Waals surface area contributed by atoms with Crippen LogP contribution in [0.3, 0.4) is 0 Å². The second kappa shape index (κ2) is 9.75.